The fourth-order valence-corrected chi connectivity index (χ4v) is 3.41. The molecule has 0 unspecified atom stereocenters. The van der Waals surface area contributed by atoms with Crippen molar-refractivity contribution in [1.29, 1.82) is 5.41 Å². The summed E-state index contributed by atoms with van der Waals surface area (Å²) < 4.78 is 6.31. The van der Waals surface area contributed by atoms with Crippen molar-refractivity contribution in [3.63, 3.8) is 0 Å². The van der Waals surface area contributed by atoms with Crippen molar-refractivity contribution in [2.75, 3.05) is 44.8 Å². The van der Waals surface area contributed by atoms with Gasteiger partial charge in [0.15, 0.2) is 5.84 Å². The van der Waals surface area contributed by atoms with E-state index in [-0.39, 0.29) is 30.5 Å². The molecule has 1 fully saturated rings. The largest absolute Gasteiger partial charge is 0.395 e. The van der Waals surface area contributed by atoms with Crippen molar-refractivity contribution in [2.45, 2.75) is 6.92 Å². The van der Waals surface area contributed by atoms with Crippen molar-refractivity contribution in [2.24, 2.45) is 4.99 Å². The molecule has 2 aliphatic heterocycles. The second kappa shape index (κ2) is 8.64. The minimum atomic E-state index is -0.354. The van der Waals surface area contributed by atoms with Crippen molar-refractivity contribution >= 4 is 39.3 Å². The molecule has 1 saturated heterocycles. The molecule has 0 atom stereocenters. The second-order valence-electron chi connectivity index (χ2n) is 6.20. The summed E-state index contributed by atoms with van der Waals surface area (Å²) in [5.74, 6) is -0.0509. The maximum atomic E-state index is 13.0. The van der Waals surface area contributed by atoms with Gasteiger partial charge < -0.3 is 20.1 Å². The Hall–Kier alpha value is -2.23. The van der Waals surface area contributed by atoms with E-state index in [1.54, 1.807) is 0 Å². The lowest BCUT2D eigenvalue weighted by Crippen LogP contribution is -2.55. The molecule has 0 spiro atoms. The van der Waals surface area contributed by atoms with Crippen molar-refractivity contribution in [1.82, 2.24) is 9.80 Å². The lowest BCUT2D eigenvalue weighted by Gasteiger charge is -2.37. The third-order valence-corrected chi connectivity index (χ3v) is 4.86. The van der Waals surface area contributed by atoms with Gasteiger partial charge in [-0.2, -0.15) is 4.99 Å². The molecule has 1 amide bonds. The highest BCUT2D eigenvalue weighted by molar-refractivity contribution is 9.10. The van der Waals surface area contributed by atoms with E-state index in [0.29, 0.717) is 32.3 Å². The molecular weight excluding hydrogens is 414 g/mol. The number of nitrogens with one attached hydrogen (secondary N) is 2. The van der Waals surface area contributed by atoms with Gasteiger partial charge in [0.25, 0.3) is 5.91 Å². The minimum Gasteiger partial charge on any atom is -0.395 e. The molecule has 1 aromatic rings. The minimum absolute atomic E-state index is 0.0991. The Balaban J connectivity index is 1.87. The number of amides is 1. The lowest BCUT2D eigenvalue weighted by atomic mass is 10.1. The molecule has 27 heavy (non-hydrogen) atoms. The van der Waals surface area contributed by atoms with Gasteiger partial charge in [0.05, 0.1) is 26.4 Å². The van der Waals surface area contributed by atoms with Gasteiger partial charge in [-0.15, -0.1) is 0 Å². The molecule has 1 aromatic carbocycles. The number of aliphatic hydroxyl groups excluding tert-OH is 1. The van der Waals surface area contributed by atoms with Gasteiger partial charge in [-0.25, -0.2) is 0 Å². The molecule has 0 aliphatic carbocycles. The zero-order valence-electron chi connectivity index (χ0n) is 15.0. The summed E-state index contributed by atoms with van der Waals surface area (Å²) in [6.07, 6.45) is 1.50. The monoisotopic (exact) mass is 435 g/mol. The van der Waals surface area contributed by atoms with Gasteiger partial charge in [-0.3, -0.25) is 15.1 Å². The topological polar surface area (TPSA) is 101 Å². The molecule has 3 rings (SSSR count). The number of carbonyl (C=O) groups is 1. The number of β-amino-alcohol motifs (C(OH)–C–C–N with tert-alkyl or cyclic N) is 1. The Bertz CT molecular complexity index is 802. The van der Waals surface area contributed by atoms with Crippen LogP contribution >= 0.6 is 15.9 Å². The van der Waals surface area contributed by atoms with Crippen LogP contribution in [0.3, 0.4) is 0 Å². The number of amidine groups is 1. The summed E-state index contributed by atoms with van der Waals surface area (Å²) in [5, 5.41) is 20.7. The Labute approximate surface area is 166 Å². The summed E-state index contributed by atoms with van der Waals surface area (Å²) in [7, 11) is 0. The molecule has 3 N–H and O–H groups in total. The number of hydrogen-bond acceptors (Lipinski definition) is 6. The van der Waals surface area contributed by atoms with E-state index in [2.05, 4.69) is 26.2 Å². The summed E-state index contributed by atoms with van der Waals surface area (Å²) in [5.41, 5.74) is 1.99. The molecule has 0 saturated carbocycles. The molecule has 0 radical (unpaired) electrons. The van der Waals surface area contributed by atoms with Gasteiger partial charge in [0.1, 0.15) is 5.57 Å². The predicted octanol–water partition coefficient (Wildman–Crippen LogP) is 1.55. The Kier molecular flexibility index (Phi) is 6.25. The van der Waals surface area contributed by atoms with Crippen LogP contribution < -0.4 is 5.32 Å². The van der Waals surface area contributed by atoms with E-state index in [9.17, 15) is 9.90 Å². The molecule has 2 aliphatic rings. The molecule has 9 heteroatoms. The quantitative estimate of drug-likeness (QED) is 0.622. The third-order valence-electron chi connectivity index (χ3n) is 4.36. The third kappa shape index (κ3) is 4.37. The van der Waals surface area contributed by atoms with E-state index in [1.807, 2.05) is 30.0 Å². The predicted molar refractivity (Wildman–Crippen MR) is 107 cm³/mol. The first-order valence-electron chi connectivity index (χ1n) is 8.67. The average molecular weight is 436 g/mol. The smallest absolute Gasteiger partial charge is 0.265 e. The number of morpholine rings is 1. The van der Waals surface area contributed by atoms with Crippen LogP contribution in [-0.2, 0) is 9.53 Å². The average Bonchev–Trinajstić information content (AvgIpc) is 2.66. The maximum absolute atomic E-state index is 13.0. The van der Waals surface area contributed by atoms with Gasteiger partial charge >= 0.3 is 0 Å². The zero-order chi connectivity index (χ0) is 19.4. The SMILES string of the molecule is Cc1cc(Br)ccc1N/C=C1\C(=N)N=C(N2CCOCC2)N(CCO)C1=O. The molecule has 2 heterocycles. The maximum Gasteiger partial charge on any atom is 0.265 e. The van der Waals surface area contributed by atoms with E-state index in [1.165, 1.54) is 11.1 Å². The van der Waals surface area contributed by atoms with E-state index >= 15 is 0 Å². The standard InChI is InChI=1S/C18H22BrN5O3/c1-12-10-13(19)2-3-15(12)21-11-14-16(20)22-18(23-5-8-27-9-6-23)24(4-7-25)17(14)26/h2-3,10-11,20-21,25H,4-9H2,1H3/b14-11+,20-16?. The molecule has 0 aromatic heterocycles. The first-order valence-corrected chi connectivity index (χ1v) is 9.46. The second-order valence-corrected chi connectivity index (χ2v) is 7.12. The van der Waals surface area contributed by atoms with Gasteiger partial charge in [0.2, 0.25) is 5.96 Å². The van der Waals surface area contributed by atoms with Gasteiger partial charge in [0, 0.05) is 29.4 Å². The highest BCUT2D eigenvalue weighted by Crippen LogP contribution is 2.21. The highest BCUT2D eigenvalue weighted by Gasteiger charge is 2.34. The van der Waals surface area contributed by atoms with E-state index in [0.717, 1.165) is 15.7 Å². The van der Waals surface area contributed by atoms with Crippen LogP contribution in [0, 0.1) is 12.3 Å². The molecule has 0 bridgehead atoms. The Morgan fingerprint density at radius 3 is 2.81 bits per heavy atom. The first kappa shape index (κ1) is 19.5. The number of nitrogens with zero attached hydrogens (tertiary/aromatic N) is 3. The number of guanidine groups is 1. The van der Waals surface area contributed by atoms with E-state index in [4.69, 9.17) is 10.1 Å². The van der Waals surface area contributed by atoms with Crippen molar-refractivity contribution in [3.8, 4) is 0 Å². The number of carbonyl (C=O) groups excluding carboxylic acids is 1. The number of aliphatic imine (C=N–C) groups is 1. The number of aryl methyl sites for hydroxylation is 1. The number of hydrogen-bond donors (Lipinski definition) is 3. The van der Waals surface area contributed by atoms with Crippen LogP contribution in [0.5, 0.6) is 0 Å². The zero-order valence-corrected chi connectivity index (χ0v) is 16.6. The van der Waals surface area contributed by atoms with Crippen LogP contribution in [0.4, 0.5) is 5.69 Å². The summed E-state index contributed by atoms with van der Waals surface area (Å²) >= 11 is 3.42. The summed E-state index contributed by atoms with van der Waals surface area (Å²) in [6.45, 7) is 4.16. The summed E-state index contributed by atoms with van der Waals surface area (Å²) in [4.78, 5) is 20.6. The van der Waals surface area contributed by atoms with Crippen LogP contribution in [0.1, 0.15) is 5.56 Å². The van der Waals surface area contributed by atoms with E-state index < -0.39 is 0 Å². The normalized spacial score (nSPS) is 19.5. The fourth-order valence-electron chi connectivity index (χ4n) is 2.93. The molecular formula is C18H22BrN5O3. The number of halogens is 1. The number of benzene rings is 1. The number of aliphatic hydroxyl groups is 1. The summed E-state index contributed by atoms with van der Waals surface area (Å²) in [6, 6.07) is 5.75. The number of rotatable bonds is 4. The van der Waals surface area contributed by atoms with Gasteiger partial charge in [-0.05, 0) is 30.7 Å². The van der Waals surface area contributed by atoms with Crippen LogP contribution in [0.25, 0.3) is 0 Å². The number of ether oxygens (including phenoxy) is 1. The molecule has 144 valence electrons. The van der Waals surface area contributed by atoms with Gasteiger partial charge in [-0.1, -0.05) is 15.9 Å². The lowest BCUT2D eigenvalue weighted by molar-refractivity contribution is -0.124. The van der Waals surface area contributed by atoms with Crippen LogP contribution in [-0.4, -0.2) is 72.1 Å². The molecule has 8 nitrogen and oxygen atoms in total. The first-order chi connectivity index (χ1) is 13.0. The van der Waals surface area contributed by atoms with Crippen LogP contribution in [0.15, 0.2) is 39.4 Å². The van der Waals surface area contributed by atoms with Crippen molar-refractivity contribution < 1.29 is 14.6 Å². The Morgan fingerprint density at radius 2 is 2.15 bits per heavy atom. The fraction of sp³-hybridized carbons (Fsp3) is 0.389. The van der Waals surface area contributed by atoms with Crippen molar-refractivity contribution in [3.05, 3.63) is 40.0 Å². The number of anilines is 1. The Morgan fingerprint density at radius 1 is 1.41 bits per heavy atom. The highest BCUT2D eigenvalue weighted by atomic mass is 79.9. The van der Waals surface area contributed by atoms with Crippen LogP contribution in [0.2, 0.25) is 0 Å².